The van der Waals surface area contributed by atoms with Crippen molar-refractivity contribution < 1.29 is 17.9 Å². The largest absolute Gasteiger partial charge is 0.444 e. The minimum Gasteiger partial charge on any atom is -0.444 e. The van der Waals surface area contributed by atoms with Gasteiger partial charge in [-0.3, -0.25) is 0 Å². The molecule has 0 saturated heterocycles. The van der Waals surface area contributed by atoms with E-state index in [1.54, 1.807) is 20.8 Å². The highest BCUT2D eigenvalue weighted by Crippen LogP contribution is 2.06. The van der Waals surface area contributed by atoms with Crippen LogP contribution in [0.2, 0.25) is 0 Å². The highest BCUT2D eigenvalue weighted by Gasteiger charge is 2.17. The molecule has 0 aliphatic rings. The van der Waals surface area contributed by atoms with Crippen LogP contribution in [0, 0.1) is 0 Å². The fourth-order valence-electron chi connectivity index (χ4n) is 0.779. The van der Waals surface area contributed by atoms with Gasteiger partial charge in [-0.15, -0.1) is 0 Å². The number of amides is 1. The Hall–Kier alpha value is -0.820. The summed E-state index contributed by atoms with van der Waals surface area (Å²) in [5, 5.41) is 2.38. The van der Waals surface area contributed by atoms with Crippen molar-refractivity contribution in [2.75, 3.05) is 26.4 Å². The molecule has 0 rings (SSSR count). The summed E-state index contributed by atoms with van der Waals surface area (Å²) in [6.07, 6.45) is -0.610. The molecule has 0 unspecified atom stereocenters. The van der Waals surface area contributed by atoms with E-state index < -0.39 is 21.7 Å². The van der Waals surface area contributed by atoms with E-state index in [0.717, 1.165) is 4.31 Å². The summed E-state index contributed by atoms with van der Waals surface area (Å²) in [7, 11) is -0.380. The molecular formula is C9H20N2O4S. The van der Waals surface area contributed by atoms with Crippen molar-refractivity contribution in [1.82, 2.24) is 9.62 Å². The van der Waals surface area contributed by atoms with Crippen LogP contribution in [-0.4, -0.2) is 50.8 Å². The highest BCUT2D eigenvalue weighted by molar-refractivity contribution is 7.89. The van der Waals surface area contributed by atoms with Crippen LogP contribution in [0.4, 0.5) is 4.79 Å². The fraction of sp³-hybridized carbons (Fsp3) is 0.889. The molecule has 7 heteroatoms. The molecule has 6 nitrogen and oxygen atoms in total. The van der Waals surface area contributed by atoms with Crippen molar-refractivity contribution in [3.8, 4) is 0 Å². The molecule has 16 heavy (non-hydrogen) atoms. The molecule has 0 aliphatic heterocycles. The summed E-state index contributed by atoms with van der Waals surface area (Å²) in [6.45, 7) is 5.25. The number of hydrogen-bond donors (Lipinski definition) is 1. The zero-order valence-electron chi connectivity index (χ0n) is 10.4. The number of rotatable bonds is 4. The average molecular weight is 252 g/mol. The Morgan fingerprint density at radius 3 is 2.19 bits per heavy atom. The predicted molar refractivity (Wildman–Crippen MR) is 61.7 cm³/mol. The second-order valence-corrected chi connectivity index (χ2v) is 6.83. The summed E-state index contributed by atoms with van der Waals surface area (Å²) in [5.74, 6) is -0.140. The van der Waals surface area contributed by atoms with Gasteiger partial charge in [0, 0.05) is 20.6 Å². The van der Waals surface area contributed by atoms with Crippen LogP contribution in [0.3, 0.4) is 0 Å². The summed E-state index contributed by atoms with van der Waals surface area (Å²) in [5.41, 5.74) is -0.579. The first kappa shape index (κ1) is 15.2. The van der Waals surface area contributed by atoms with Gasteiger partial charge in [0.05, 0.1) is 5.75 Å². The first-order valence-corrected chi connectivity index (χ1v) is 6.52. The molecule has 0 aliphatic carbocycles. The predicted octanol–water partition coefficient (Wildman–Crippen LogP) is 0.402. The molecule has 0 aromatic rings. The molecule has 0 atom stereocenters. The molecule has 0 spiro atoms. The van der Waals surface area contributed by atoms with E-state index in [1.165, 1.54) is 14.1 Å². The van der Waals surface area contributed by atoms with E-state index in [9.17, 15) is 13.2 Å². The zero-order valence-corrected chi connectivity index (χ0v) is 11.2. The third-order valence-corrected chi connectivity index (χ3v) is 3.42. The molecule has 0 saturated carbocycles. The summed E-state index contributed by atoms with van der Waals surface area (Å²) < 4.78 is 28.7. The maximum atomic E-state index is 11.3. The molecule has 0 heterocycles. The maximum absolute atomic E-state index is 11.3. The first-order chi connectivity index (χ1) is 7.04. The summed E-state index contributed by atoms with van der Waals surface area (Å²) >= 11 is 0. The van der Waals surface area contributed by atoms with Gasteiger partial charge in [0.15, 0.2) is 0 Å². The minimum absolute atomic E-state index is 0.0371. The van der Waals surface area contributed by atoms with Gasteiger partial charge >= 0.3 is 6.09 Å². The third-order valence-electron chi connectivity index (χ3n) is 1.58. The van der Waals surface area contributed by atoms with Crippen molar-refractivity contribution in [3.05, 3.63) is 0 Å². The van der Waals surface area contributed by atoms with E-state index in [2.05, 4.69) is 5.32 Å². The van der Waals surface area contributed by atoms with Gasteiger partial charge < -0.3 is 10.1 Å². The molecule has 1 amide bonds. The van der Waals surface area contributed by atoms with Gasteiger partial charge in [-0.1, -0.05) is 0 Å². The van der Waals surface area contributed by atoms with Gasteiger partial charge in [0.1, 0.15) is 5.60 Å². The van der Waals surface area contributed by atoms with Crippen LogP contribution in [-0.2, 0) is 14.8 Å². The fourth-order valence-corrected chi connectivity index (χ4v) is 1.50. The number of hydrogen-bond acceptors (Lipinski definition) is 4. The van der Waals surface area contributed by atoms with E-state index in [0.29, 0.717) is 0 Å². The molecule has 1 N–H and O–H groups in total. The number of alkyl carbamates (subject to hydrolysis) is 1. The lowest BCUT2D eigenvalue weighted by atomic mass is 10.2. The van der Waals surface area contributed by atoms with Gasteiger partial charge in [-0.25, -0.2) is 17.5 Å². The van der Waals surface area contributed by atoms with Crippen LogP contribution in [0.5, 0.6) is 0 Å². The van der Waals surface area contributed by atoms with Crippen molar-refractivity contribution in [2.24, 2.45) is 0 Å². The number of carbonyl (C=O) groups is 1. The van der Waals surface area contributed by atoms with Gasteiger partial charge in [0.25, 0.3) is 0 Å². The van der Waals surface area contributed by atoms with E-state index in [-0.39, 0.29) is 12.3 Å². The average Bonchev–Trinajstić information content (AvgIpc) is 1.99. The highest BCUT2D eigenvalue weighted by atomic mass is 32.2. The Labute approximate surface area is 97.0 Å². The standard InChI is InChI=1S/C9H20N2O4S/c1-9(2,3)15-8(12)10-6-7-16(13,14)11(4)5/h6-7H2,1-5H3,(H,10,12). The summed E-state index contributed by atoms with van der Waals surface area (Å²) in [6, 6.07) is 0. The minimum atomic E-state index is -3.27. The number of nitrogens with one attached hydrogen (secondary N) is 1. The molecule has 0 radical (unpaired) electrons. The Balaban J connectivity index is 3.97. The van der Waals surface area contributed by atoms with Crippen molar-refractivity contribution >= 4 is 16.1 Å². The third kappa shape index (κ3) is 6.62. The molecule has 0 aromatic heterocycles. The van der Waals surface area contributed by atoms with Crippen LogP contribution in [0.15, 0.2) is 0 Å². The maximum Gasteiger partial charge on any atom is 0.407 e. The van der Waals surface area contributed by atoms with Gasteiger partial charge in [-0.05, 0) is 20.8 Å². The van der Waals surface area contributed by atoms with Gasteiger partial charge in [0.2, 0.25) is 10.0 Å². The van der Waals surface area contributed by atoms with Crippen molar-refractivity contribution in [2.45, 2.75) is 26.4 Å². The number of ether oxygens (including phenoxy) is 1. The van der Waals surface area contributed by atoms with E-state index >= 15 is 0 Å². The van der Waals surface area contributed by atoms with E-state index in [4.69, 9.17) is 4.74 Å². The van der Waals surface area contributed by atoms with Crippen molar-refractivity contribution in [1.29, 1.82) is 0 Å². The Morgan fingerprint density at radius 2 is 1.81 bits per heavy atom. The lowest BCUT2D eigenvalue weighted by Crippen LogP contribution is -2.37. The molecule has 0 aromatic carbocycles. The lowest BCUT2D eigenvalue weighted by Gasteiger charge is -2.19. The number of carbonyl (C=O) groups excluding carboxylic acids is 1. The Morgan fingerprint density at radius 1 is 1.31 bits per heavy atom. The molecule has 96 valence electrons. The molecule has 0 bridgehead atoms. The van der Waals surface area contributed by atoms with Gasteiger partial charge in [-0.2, -0.15) is 0 Å². The zero-order chi connectivity index (χ0) is 13.0. The SMILES string of the molecule is CN(C)S(=O)(=O)CCNC(=O)OC(C)(C)C. The van der Waals surface area contributed by atoms with Crippen LogP contribution >= 0.6 is 0 Å². The number of sulfonamides is 1. The lowest BCUT2D eigenvalue weighted by molar-refractivity contribution is 0.0531. The van der Waals surface area contributed by atoms with Crippen LogP contribution < -0.4 is 5.32 Å². The molecular weight excluding hydrogens is 232 g/mol. The Bertz CT molecular complexity index is 330. The second kappa shape index (κ2) is 5.49. The van der Waals surface area contributed by atoms with E-state index in [1.807, 2.05) is 0 Å². The van der Waals surface area contributed by atoms with Crippen LogP contribution in [0.25, 0.3) is 0 Å². The normalized spacial score (nSPS) is 12.6. The summed E-state index contributed by atoms with van der Waals surface area (Å²) in [4.78, 5) is 11.2. The van der Waals surface area contributed by atoms with Crippen LogP contribution in [0.1, 0.15) is 20.8 Å². The Kier molecular flexibility index (Phi) is 5.21. The smallest absolute Gasteiger partial charge is 0.407 e. The quantitative estimate of drug-likeness (QED) is 0.786. The monoisotopic (exact) mass is 252 g/mol. The first-order valence-electron chi connectivity index (χ1n) is 4.91. The second-order valence-electron chi connectivity index (χ2n) is 4.53. The molecule has 0 fully saturated rings. The topological polar surface area (TPSA) is 75.7 Å². The number of nitrogens with zero attached hydrogens (tertiary/aromatic N) is 1. The van der Waals surface area contributed by atoms with Crippen molar-refractivity contribution in [3.63, 3.8) is 0 Å².